The number of nitrogens with zero attached hydrogens (tertiary/aromatic N) is 2. The fourth-order valence-corrected chi connectivity index (χ4v) is 4.57. The Hall–Kier alpha value is -0.690. The molecular weight excluding hydrogens is 332 g/mol. The van der Waals surface area contributed by atoms with Gasteiger partial charge in [0, 0.05) is 20.8 Å². The molecule has 1 unspecified atom stereocenters. The quantitative estimate of drug-likeness (QED) is 0.780. The van der Waals surface area contributed by atoms with Crippen LogP contribution in [-0.4, -0.2) is 14.9 Å². The van der Waals surface area contributed by atoms with E-state index in [1.54, 1.807) is 28.9 Å². The summed E-state index contributed by atoms with van der Waals surface area (Å²) in [6, 6.07) is 4.15. The van der Waals surface area contributed by atoms with Crippen molar-refractivity contribution in [2.45, 2.75) is 19.6 Å². The Kier molecular flexibility index (Phi) is 3.27. The molecule has 1 atom stereocenters. The molecular formula is C12H11BrN2OS2. The molecule has 0 radical (unpaired) electrons. The zero-order valence-electron chi connectivity index (χ0n) is 9.63. The van der Waals surface area contributed by atoms with E-state index < -0.39 is 6.10 Å². The van der Waals surface area contributed by atoms with Gasteiger partial charge in [0.25, 0.3) is 0 Å². The summed E-state index contributed by atoms with van der Waals surface area (Å²) in [6.07, 6.45) is 1.12. The van der Waals surface area contributed by atoms with Gasteiger partial charge in [0.1, 0.15) is 6.10 Å². The van der Waals surface area contributed by atoms with Gasteiger partial charge in [-0.2, -0.15) is 5.10 Å². The fourth-order valence-electron chi connectivity index (χ4n) is 1.95. The van der Waals surface area contributed by atoms with Crippen LogP contribution in [0.4, 0.5) is 0 Å². The van der Waals surface area contributed by atoms with E-state index in [1.165, 1.54) is 9.40 Å². The Morgan fingerprint density at radius 1 is 1.50 bits per heavy atom. The van der Waals surface area contributed by atoms with Gasteiger partial charge in [0.05, 0.1) is 16.4 Å². The Morgan fingerprint density at radius 2 is 2.33 bits per heavy atom. The SMILES string of the molecule is CCn1ncc(Br)c1C(O)c1cc2sccc2s1. The summed E-state index contributed by atoms with van der Waals surface area (Å²) in [5, 5.41) is 16.8. The molecule has 3 nitrogen and oxygen atoms in total. The van der Waals surface area contributed by atoms with Crippen LogP contribution < -0.4 is 0 Å². The number of aromatic nitrogens is 2. The van der Waals surface area contributed by atoms with Crippen molar-refractivity contribution in [1.82, 2.24) is 9.78 Å². The van der Waals surface area contributed by atoms with Gasteiger partial charge in [-0.15, -0.1) is 22.7 Å². The third-order valence-corrected chi connectivity index (χ3v) is 5.58. The minimum absolute atomic E-state index is 0.619. The molecule has 3 aromatic rings. The van der Waals surface area contributed by atoms with Gasteiger partial charge >= 0.3 is 0 Å². The van der Waals surface area contributed by atoms with E-state index in [4.69, 9.17) is 0 Å². The first-order valence-electron chi connectivity index (χ1n) is 5.57. The van der Waals surface area contributed by atoms with Crippen molar-refractivity contribution in [2.75, 3.05) is 0 Å². The number of hydrogen-bond acceptors (Lipinski definition) is 4. The van der Waals surface area contributed by atoms with E-state index in [0.29, 0.717) is 0 Å². The smallest absolute Gasteiger partial charge is 0.131 e. The molecule has 0 saturated heterocycles. The first-order valence-corrected chi connectivity index (χ1v) is 8.05. The molecule has 0 fully saturated rings. The van der Waals surface area contributed by atoms with Crippen LogP contribution in [0.25, 0.3) is 9.40 Å². The highest BCUT2D eigenvalue weighted by atomic mass is 79.9. The Labute approximate surface area is 121 Å². The van der Waals surface area contributed by atoms with Crippen molar-refractivity contribution in [3.05, 3.63) is 38.8 Å². The molecule has 0 spiro atoms. The van der Waals surface area contributed by atoms with Crippen LogP contribution in [0.3, 0.4) is 0 Å². The van der Waals surface area contributed by atoms with Crippen LogP contribution in [0.5, 0.6) is 0 Å². The molecule has 3 aromatic heterocycles. The number of aliphatic hydroxyl groups excluding tert-OH is 1. The van der Waals surface area contributed by atoms with Gasteiger partial charge < -0.3 is 5.11 Å². The third kappa shape index (κ3) is 1.93. The molecule has 1 N–H and O–H groups in total. The van der Waals surface area contributed by atoms with Crippen molar-refractivity contribution < 1.29 is 5.11 Å². The minimum Gasteiger partial charge on any atom is -0.381 e. The third-order valence-electron chi connectivity index (χ3n) is 2.82. The van der Waals surface area contributed by atoms with Gasteiger partial charge in [-0.25, -0.2) is 0 Å². The van der Waals surface area contributed by atoms with E-state index in [2.05, 4.69) is 38.5 Å². The first kappa shape index (κ1) is 12.3. The van der Waals surface area contributed by atoms with E-state index in [1.807, 2.05) is 11.6 Å². The highest BCUT2D eigenvalue weighted by molar-refractivity contribution is 9.10. The molecule has 0 amide bonds. The Morgan fingerprint density at radius 3 is 3.06 bits per heavy atom. The molecule has 0 aliphatic rings. The predicted molar refractivity (Wildman–Crippen MR) is 79.4 cm³/mol. The zero-order chi connectivity index (χ0) is 12.7. The summed E-state index contributed by atoms with van der Waals surface area (Å²) in [5.41, 5.74) is 0.825. The highest BCUT2D eigenvalue weighted by Crippen LogP contribution is 2.37. The number of aryl methyl sites for hydroxylation is 1. The summed E-state index contributed by atoms with van der Waals surface area (Å²) in [7, 11) is 0. The summed E-state index contributed by atoms with van der Waals surface area (Å²) in [5.74, 6) is 0. The van der Waals surface area contributed by atoms with Gasteiger partial charge in [-0.1, -0.05) is 0 Å². The lowest BCUT2D eigenvalue weighted by Crippen LogP contribution is -2.08. The van der Waals surface area contributed by atoms with E-state index in [0.717, 1.165) is 21.6 Å². The molecule has 3 heterocycles. The lowest BCUT2D eigenvalue weighted by molar-refractivity contribution is 0.211. The van der Waals surface area contributed by atoms with Gasteiger partial charge in [0.15, 0.2) is 0 Å². The van der Waals surface area contributed by atoms with Crippen molar-refractivity contribution in [3.8, 4) is 0 Å². The standard InChI is InChI=1S/C12H11BrN2OS2/c1-2-15-11(7(13)6-14-15)12(16)10-5-9-8(18-10)3-4-17-9/h3-6,12,16H,2H2,1H3. The van der Waals surface area contributed by atoms with Gasteiger partial charge in [-0.05, 0) is 40.4 Å². The first-order chi connectivity index (χ1) is 8.70. The maximum absolute atomic E-state index is 10.5. The van der Waals surface area contributed by atoms with E-state index >= 15 is 0 Å². The minimum atomic E-state index is -0.619. The number of aliphatic hydroxyl groups is 1. The molecule has 6 heteroatoms. The number of fused-ring (bicyclic) bond motifs is 1. The van der Waals surface area contributed by atoms with Crippen LogP contribution in [0, 0.1) is 0 Å². The van der Waals surface area contributed by atoms with Crippen LogP contribution in [-0.2, 0) is 6.54 Å². The van der Waals surface area contributed by atoms with Crippen LogP contribution in [0.1, 0.15) is 23.6 Å². The second-order valence-corrected chi connectivity index (χ2v) is 6.81. The van der Waals surface area contributed by atoms with Crippen LogP contribution >= 0.6 is 38.6 Å². The lowest BCUT2D eigenvalue weighted by atomic mass is 10.2. The molecule has 0 aliphatic heterocycles. The van der Waals surface area contributed by atoms with E-state index in [-0.39, 0.29) is 0 Å². The molecule has 3 rings (SSSR count). The molecule has 0 aliphatic carbocycles. The number of hydrogen-bond donors (Lipinski definition) is 1. The predicted octanol–water partition coefficient (Wildman–Crippen LogP) is 4.02. The number of halogens is 1. The summed E-state index contributed by atoms with van der Waals surface area (Å²) >= 11 is 6.79. The summed E-state index contributed by atoms with van der Waals surface area (Å²) in [4.78, 5) is 0.966. The molecule has 0 aromatic carbocycles. The van der Waals surface area contributed by atoms with Crippen molar-refractivity contribution >= 4 is 48.0 Å². The monoisotopic (exact) mass is 342 g/mol. The maximum atomic E-state index is 10.5. The molecule has 0 bridgehead atoms. The maximum Gasteiger partial charge on any atom is 0.131 e. The van der Waals surface area contributed by atoms with Crippen molar-refractivity contribution in [2.24, 2.45) is 0 Å². The normalized spacial score (nSPS) is 13.3. The van der Waals surface area contributed by atoms with Gasteiger partial charge in [-0.3, -0.25) is 4.68 Å². The van der Waals surface area contributed by atoms with E-state index in [9.17, 15) is 5.11 Å². The summed E-state index contributed by atoms with van der Waals surface area (Å²) in [6.45, 7) is 2.76. The molecule has 94 valence electrons. The Balaban J connectivity index is 2.05. The second kappa shape index (κ2) is 4.77. The van der Waals surface area contributed by atoms with Crippen LogP contribution in [0.2, 0.25) is 0 Å². The van der Waals surface area contributed by atoms with Crippen molar-refractivity contribution in [1.29, 1.82) is 0 Å². The molecule has 18 heavy (non-hydrogen) atoms. The fraction of sp³-hybridized carbons (Fsp3) is 0.250. The van der Waals surface area contributed by atoms with Crippen LogP contribution in [0.15, 0.2) is 28.2 Å². The number of thiophene rings is 2. The largest absolute Gasteiger partial charge is 0.381 e. The average molecular weight is 343 g/mol. The zero-order valence-corrected chi connectivity index (χ0v) is 12.8. The highest BCUT2D eigenvalue weighted by Gasteiger charge is 2.21. The second-order valence-electron chi connectivity index (χ2n) is 3.89. The number of rotatable bonds is 3. The summed E-state index contributed by atoms with van der Waals surface area (Å²) < 4.78 is 5.14. The van der Waals surface area contributed by atoms with Gasteiger partial charge in [0.2, 0.25) is 0 Å². The topological polar surface area (TPSA) is 38.0 Å². The van der Waals surface area contributed by atoms with Crippen molar-refractivity contribution in [3.63, 3.8) is 0 Å². The lowest BCUT2D eigenvalue weighted by Gasteiger charge is -2.11. The Bertz CT molecular complexity index is 657. The molecule has 0 saturated carbocycles. The average Bonchev–Trinajstić information content (AvgIpc) is 3.00.